The van der Waals surface area contributed by atoms with Gasteiger partial charge in [-0.2, -0.15) is 0 Å². The zero-order valence-electron chi connectivity index (χ0n) is 7.36. The summed E-state index contributed by atoms with van der Waals surface area (Å²) in [4.78, 5) is 21.7. The summed E-state index contributed by atoms with van der Waals surface area (Å²) in [6.07, 6.45) is 4.26. The maximum atomic E-state index is 7.23. The molecular formula is C6H18O3P2. The van der Waals surface area contributed by atoms with E-state index in [9.17, 15) is 0 Å². The Balaban J connectivity index is 0. The van der Waals surface area contributed by atoms with Crippen LogP contribution in [0.1, 0.15) is 20.8 Å². The van der Waals surface area contributed by atoms with Gasteiger partial charge in [-0.1, -0.05) is 20.8 Å². The Bertz CT molecular complexity index is 58.6. The van der Waals surface area contributed by atoms with Gasteiger partial charge in [0.1, 0.15) is 0 Å². The van der Waals surface area contributed by atoms with Crippen molar-refractivity contribution in [2.45, 2.75) is 20.8 Å². The maximum absolute atomic E-state index is 7.23. The molecule has 0 saturated carbocycles. The van der Waals surface area contributed by atoms with E-state index in [-0.39, 0.29) is 0 Å². The van der Waals surface area contributed by atoms with Crippen molar-refractivity contribution >= 4 is 16.5 Å². The highest BCUT2D eigenvalue weighted by molar-refractivity contribution is 7.57. The predicted octanol–water partition coefficient (Wildman–Crippen LogP) is 1.72. The molecule has 0 unspecified atom stereocenters. The van der Waals surface area contributed by atoms with E-state index in [4.69, 9.17) is 14.7 Å². The molecule has 0 bridgehead atoms. The summed E-state index contributed by atoms with van der Waals surface area (Å²) in [5.74, 6) is 0. The smallest absolute Gasteiger partial charge is 0.324 e. The largest absolute Gasteiger partial charge is 0.328 e. The van der Waals surface area contributed by atoms with Crippen LogP contribution in [-0.2, 0) is 0 Å². The molecule has 11 heavy (non-hydrogen) atoms. The molecule has 3 nitrogen and oxygen atoms in total. The summed E-state index contributed by atoms with van der Waals surface area (Å²) in [6.45, 7) is 6.87. The topological polar surface area (TPSA) is 60.7 Å². The van der Waals surface area contributed by atoms with Gasteiger partial charge < -0.3 is 14.7 Å². The van der Waals surface area contributed by atoms with E-state index in [2.05, 4.69) is 20.8 Å². The second kappa shape index (κ2) is 10.7. The van der Waals surface area contributed by atoms with Crippen LogP contribution in [0.2, 0.25) is 0 Å². The average Bonchev–Trinajstić information content (AvgIpc) is 1.90. The molecule has 3 N–H and O–H groups in total. The molecule has 0 aliphatic rings. The van der Waals surface area contributed by atoms with E-state index in [1.807, 2.05) is 0 Å². The quantitative estimate of drug-likeness (QED) is 0.608. The third-order valence-electron chi connectivity index (χ3n) is 1.34. The average molecular weight is 200 g/mol. The number of hydrogen-bond donors (Lipinski definition) is 3. The standard InChI is InChI=1S/C6H15P.H3O3P/c1-4-7(5-2)6-3;1-4(2)3/h4-6H2,1-3H3;1-3H. The molecule has 0 radical (unpaired) electrons. The van der Waals surface area contributed by atoms with Gasteiger partial charge in [-0.15, -0.1) is 7.92 Å². The highest BCUT2D eigenvalue weighted by Gasteiger charge is 1.94. The third kappa shape index (κ3) is 18.1. The van der Waals surface area contributed by atoms with Crippen LogP contribution < -0.4 is 0 Å². The Kier molecular flexibility index (Phi) is 13.9. The lowest BCUT2D eigenvalue weighted by atomic mass is 10.9. The van der Waals surface area contributed by atoms with Crippen LogP contribution in [0.5, 0.6) is 0 Å². The first-order valence-electron chi connectivity index (χ1n) is 3.67. The molecule has 5 heteroatoms. The minimum absolute atomic E-state index is 0.446. The minimum Gasteiger partial charge on any atom is -0.328 e. The zero-order valence-corrected chi connectivity index (χ0v) is 9.15. The fourth-order valence-electron chi connectivity index (χ4n) is 0.671. The fraction of sp³-hybridized carbons (Fsp3) is 1.00. The van der Waals surface area contributed by atoms with Gasteiger partial charge in [0.05, 0.1) is 0 Å². The molecule has 0 rings (SSSR count). The second-order valence-corrected chi connectivity index (χ2v) is 5.66. The molecule has 0 amide bonds. The minimum atomic E-state index is -2.62. The zero-order chi connectivity index (χ0) is 9.28. The van der Waals surface area contributed by atoms with Crippen molar-refractivity contribution in [1.82, 2.24) is 0 Å². The van der Waals surface area contributed by atoms with Gasteiger partial charge in [-0.25, -0.2) is 0 Å². The first-order chi connectivity index (χ1) is 5.08. The van der Waals surface area contributed by atoms with Gasteiger partial charge >= 0.3 is 8.60 Å². The summed E-state index contributed by atoms with van der Waals surface area (Å²) >= 11 is 0. The summed E-state index contributed by atoms with van der Waals surface area (Å²) < 4.78 is 0. The molecule has 0 fully saturated rings. The molecule has 0 aromatic heterocycles. The molecule has 0 aliphatic carbocycles. The van der Waals surface area contributed by atoms with Crippen molar-refractivity contribution in [3.8, 4) is 0 Å². The van der Waals surface area contributed by atoms with Gasteiger partial charge in [-0.05, 0) is 18.5 Å². The van der Waals surface area contributed by atoms with E-state index in [1.54, 1.807) is 0 Å². The third-order valence-corrected chi connectivity index (χ3v) is 4.02. The SMILES string of the molecule is CCP(CC)CC.OP(O)O. The molecule has 0 aromatic carbocycles. The van der Waals surface area contributed by atoms with Crippen molar-refractivity contribution in [3.63, 3.8) is 0 Å². The molecule has 0 atom stereocenters. The maximum Gasteiger partial charge on any atom is 0.324 e. The van der Waals surface area contributed by atoms with Crippen LogP contribution in [-0.4, -0.2) is 33.2 Å². The monoisotopic (exact) mass is 200 g/mol. The molecule has 0 aliphatic heterocycles. The fourth-order valence-corrected chi connectivity index (χ4v) is 2.01. The molecule has 70 valence electrons. The number of rotatable bonds is 3. The van der Waals surface area contributed by atoms with Gasteiger partial charge in [0.25, 0.3) is 0 Å². The summed E-state index contributed by atoms with van der Waals surface area (Å²) in [6, 6.07) is 0. The Labute approximate surface area is 71.2 Å². The Hall–Kier alpha value is 0.740. The van der Waals surface area contributed by atoms with E-state index in [1.165, 1.54) is 18.5 Å². The van der Waals surface area contributed by atoms with Gasteiger partial charge in [0, 0.05) is 0 Å². The summed E-state index contributed by atoms with van der Waals surface area (Å²) in [7, 11) is -2.17. The predicted molar refractivity (Wildman–Crippen MR) is 52.1 cm³/mol. The molecule has 0 heterocycles. The first kappa shape index (κ1) is 14.3. The molecule has 0 aromatic rings. The van der Waals surface area contributed by atoms with Crippen molar-refractivity contribution in [3.05, 3.63) is 0 Å². The highest BCUT2D eigenvalue weighted by Crippen LogP contribution is 2.32. The van der Waals surface area contributed by atoms with Crippen LogP contribution in [0.3, 0.4) is 0 Å². The Morgan fingerprint density at radius 3 is 1.00 bits per heavy atom. The highest BCUT2D eigenvalue weighted by atomic mass is 31.2. The van der Waals surface area contributed by atoms with Crippen molar-refractivity contribution in [1.29, 1.82) is 0 Å². The van der Waals surface area contributed by atoms with Crippen LogP contribution >= 0.6 is 16.5 Å². The van der Waals surface area contributed by atoms with E-state index in [0.29, 0.717) is 7.92 Å². The van der Waals surface area contributed by atoms with Crippen LogP contribution in [0.15, 0.2) is 0 Å². The van der Waals surface area contributed by atoms with E-state index >= 15 is 0 Å². The second-order valence-electron chi connectivity index (χ2n) is 1.89. The lowest BCUT2D eigenvalue weighted by molar-refractivity contribution is 0.368. The van der Waals surface area contributed by atoms with Crippen molar-refractivity contribution in [2.75, 3.05) is 18.5 Å². The summed E-state index contributed by atoms with van der Waals surface area (Å²) in [5, 5.41) is 0. The van der Waals surface area contributed by atoms with Crippen LogP contribution in [0, 0.1) is 0 Å². The van der Waals surface area contributed by atoms with Gasteiger partial charge in [-0.3, -0.25) is 0 Å². The van der Waals surface area contributed by atoms with E-state index in [0.717, 1.165) is 0 Å². The first-order valence-corrected chi connectivity index (χ1v) is 6.77. The van der Waals surface area contributed by atoms with Gasteiger partial charge in [0.15, 0.2) is 0 Å². The lowest BCUT2D eigenvalue weighted by Crippen LogP contribution is -1.83. The Morgan fingerprint density at radius 2 is 1.00 bits per heavy atom. The molecule has 0 saturated heterocycles. The van der Waals surface area contributed by atoms with Crippen LogP contribution in [0.25, 0.3) is 0 Å². The summed E-state index contributed by atoms with van der Waals surface area (Å²) in [5.41, 5.74) is 0. The lowest BCUT2D eigenvalue weighted by Gasteiger charge is -2.07. The van der Waals surface area contributed by atoms with Crippen LogP contribution in [0.4, 0.5) is 0 Å². The molecular weight excluding hydrogens is 182 g/mol. The van der Waals surface area contributed by atoms with Crippen molar-refractivity contribution in [2.24, 2.45) is 0 Å². The van der Waals surface area contributed by atoms with Crippen molar-refractivity contribution < 1.29 is 14.7 Å². The molecule has 0 spiro atoms. The van der Waals surface area contributed by atoms with Gasteiger partial charge in [0.2, 0.25) is 0 Å². The van der Waals surface area contributed by atoms with E-state index < -0.39 is 8.60 Å². The number of hydrogen-bond acceptors (Lipinski definition) is 3. The normalized spacial score (nSPS) is 9.82. The Morgan fingerprint density at radius 1 is 0.818 bits per heavy atom.